The molecule has 15 heavy (non-hydrogen) atoms. The van der Waals surface area contributed by atoms with E-state index < -0.39 is 0 Å². The van der Waals surface area contributed by atoms with E-state index in [0.29, 0.717) is 0 Å². The molecule has 0 aromatic carbocycles. The van der Waals surface area contributed by atoms with Crippen molar-refractivity contribution in [3.63, 3.8) is 0 Å². The lowest BCUT2D eigenvalue weighted by Crippen LogP contribution is -2.15. The Hall–Kier alpha value is -1.38. The third kappa shape index (κ3) is 1.74. The number of aromatic amines is 1. The maximum atomic E-state index is 4.63. The van der Waals surface area contributed by atoms with Gasteiger partial charge in [-0.25, -0.2) is 9.97 Å². The van der Waals surface area contributed by atoms with Crippen molar-refractivity contribution in [2.45, 2.75) is 39.5 Å². The second-order valence-corrected chi connectivity index (χ2v) is 4.87. The molecule has 0 spiro atoms. The van der Waals surface area contributed by atoms with Gasteiger partial charge in [0.2, 0.25) is 0 Å². The zero-order chi connectivity index (χ0) is 11.1. The Morgan fingerprint density at radius 2 is 2.07 bits per heavy atom. The molecule has 1 N–H and O–H groups in total. The Bertz CT molecular complexity index is 477. The topological polar surface area (TPSA) is 41.6 Å². The fraction of sp³-hybridized carbons (Fsp3) is 0.500. The third-order valence-electron chi connectivity index (χ3n) is 2.55. The van der Waals surface area contributed by atoms with Crippen LogP contribution in [-0.2, 0) is 11.8 Å². The summed E-state index contributed by atoms with van der Waals surface area (Å²) in [4.78, 5) is 12.2. The Labute approximate surface area is 90.0 Å². The van der Waals surface area contributed by atoms with Crippen LogP contribution in [0.4, 0.5) is 0 Å². The highest BCUT2D eigenvalue weighted by Crippen LogP contribution is 2.22. The lowest BCUT2D eigenvalue weighted by Gasteiger charge is -2.15. The predicted molar refractivity (Wildman–Crippen MR) is 62.0 cm³/mol. The molecule has 2 aromatic heterocycles. The second-order valence-electron chi connectivity index (χ2n) is 4.87. The van der Waals surface area contributed by atoms with E-state index in [1.807, 2.05) is 12.4 Å². The van der Waals surface area contributed by atoms with Gasteiger partial charge in [0.1, 0.15) is 5.82 Å². The molecule has 2 rings (SSSR count). The molecular weight excluding hydrogens is 186 g/mol. The van der Waals surface area contributed by atoms with Crippen molar-refractivity contribution in [3.05, 3.63) is 23.8 Å². The molecule has 0 aliphatic rings. The van der Waals surface area contributed by atoms with E-state index in [1.54, 1.807) is 0 Å². The highest BCUT2D eigenvalue weighted by Gasteiger charge is 2.18. The maximum absolute atomic E-state index is 4.63. The van der Waals surface area contributed by atoms with Crippen LogP contribution >= 0.6 is 0 Å². The minimum absolute atomic E-state index is 0.0104. The van der Waals surface area contributed by atoms with E-state index in [2.05, 4.69) is 42.6 Å². The van der Waals surface area contributed by atoms with Gasteiger partial charge in [-0.1, -0.05) is 27.7 Å². The van der Waals surface area contributed by atoms with Crippen molar-refractivity contribution in [2.24, 2.45) is 0 Å². The van der Waals surface area contributed by atoms with Crippen LogP contribution in [0.5, 0.6) is 0 Å². The van der Waals surface area contributed by atoms with E-state index in [4.69, 9.17) is 0 Å². The molecule has 0 fully saturated rings. The smallest absolute Gasteiger partial charge is 0.134 e. The van der Waals surface area contributed by atoms with Gasteiger partial charge in [0, 0.05) is 11.6 Å². The van der Waals surface area contributed by atoms with Crippen LogP contribution in [0.3, 0.4) is 0 Å². The van der Waals surface area contributed by atoms with Crippen molar-refractivity contribution < 1.29 is 0 Å². The van der Waals surface area contributed by atoms with Crippen molar-refractivity contribution in [2.75, 3.05) is 0 Å². The van der Waals surface area contributed by atoms with Crippen molar-refractivity contribution >= 4 is 11.0 Å². The van der Waals surface area contributed by atoms with Gasteiger partial charge < -0.3 is 4.98 Å². The lowest BCUT2D eigenvalue weighted by molar-refractivity contribution is 0.548. The summed E-state index contributed by atoms with van der Waals surface area (Å²) in [5.74, 6) is 0.907. The summed E-state index contributed by atoms with van der Waals surface area (Å²) in [5, 5.41) is 0. The summed E-state index contributed by atoms with van der Waals surface area (Å²) in [5.41, 5.74) is 3.37. The predicted octanol–water partition coefficient (Wildman–Crippen LogP) is 2.82. The molecule has 2 aromatic rings. The minimum Gasteiger partial charge on any atom is -0.358 e. The largest absolute Gasteiger partial charge is 0.358 e. The first-order valence-electron chi connectivity index (χ1n) is 5.36. The molecule has 0 saturated heterocycles. The van der Waals surface area contributed by atoms with Crippen LogP contribution < -0.4 is 0 Å². The van der Waals surface area contributed by atoms with Gasteiger partial charge in [-0.3, -0.25) is 0 Å². The average molecular weight is 203 g/mol. The van der Waals surface area contributed by atoms with Gasteiger partial charge >= 0.3 is 0 Å². The summed E-state index contributed by atoms with van der Waals surface area (Å²) in [6.45, 7) is 8.53. The molecule has 0 aliphatic heterocycles. The summed E-state index contributed by atoms with van der Waals surface area (Å²) in [6, 6.07) is 0. The average Bonchev–Trinajstić information content (AvgIpc) is 2.57. The van der Waals surface area contributed by atoms with Gasteiger partial charge in [-0.2, -0.15) is 0 Å². The Morgan fingerprint density at radius 3 is 2.67 bits per heavy atom. The molecule has 0 saturated carbocycles. The first-order valence-corrected chi connectivity index (χ1v) is 5.36. The maximum Gasteiger partial charge on any atom is 0.134 e. The number of rotatable bonds is 1. The second kappa shape index (κ2) is 3.33. The van der Waals surface area contributed by atoms with Crippen LogP contribution in [0.1, 0.15) is 39.1 Å². The molecule has 0 amide bonds. The fourth-order valence-electron chi connectivity index (χ4n) is 1.60. The molecule has 80 valence electrons. The minimum atomic E-state index is 0.0104. The number of H-pyrrole nitrogens is 1. The van der Waals surface area contributed by atoms with Crippen LogP contribution in [0.2, 0.25) is 0 Å². The SMILES string of the molecule is CCc1c[nH]c2cnc(C(C)(C)C)nc12. The van der Waals surface area contributed by atoms with Crippen LogP contribution in [0.25, 0.3) is 11.0 Å². The molecule has 2 heterocycles. The van der Waals surface area contributed by atoms with E-state index in [0.717, 1.165) is 23.3 Å². The molecule has 0 bridgehead atoms. The van der Waals surface area contributed by atoms with E-state index in [1.165, 1.54) is 5.56 Å². The van der Waals surface area contributed by atoms with Crippen LogP contribution in [-0.4, -0.2) is 15.0 Å². The lowest BCUT2D eigenvalue weighted by atomic mass is 9.95. The summed E-state index contributed by atoms with van der Waals surface area (Å²) in [7, 11) is 0. The van der Waals surface area contributed by atoms with Crippen LogP contribution in [0, 0.1) is 0 Å². The number of aryl methyl sites for hydroxylation is 1. The molecular formula is C12H17N3. The number of hydrogen-bond donors (Lipinski definition) is 1. The Kier molecular flexibility index (Phi) is 2.25. The molecule has 3 heteroatoms. The fourth-order valence-corrected chi connectivity index (χ4v) is 1.60. The molecule has 0 radical (unpaired) electrons. The van der Waals surface area contributed by atoms with Gasteiger partial charge in [0.25, 0.3) is 0 Å². The normalized spacial score (nSPS) is 12.3. The van der Waals surface area contributed by atoms with Gasteiger partial charge in [0.05, 0.1) is 17.2 Å². The van der Waals surface area contributed by atoms with Crippen LogP contribution in [0.15, 0.2) is 12.4 Å². The molecule has 0 atom stereocenters. The number of nitrogens with one attached hydrogen (secondary N) is 1. The highest BCUT2D eigenvalue weighted by molar-refractivity contribution is 5.78. The monoisotopic (exact) mass is 203 g/mol. The van der Waals surface area contributed by atoms with E-state index in [-0.39, 0.29) is 5.41 Å². The number of fused-ring (bicyclic) bond motifs is 1. The molecule has 3 nitrogen and oxygen atoms in total. The van der Waals surface area contributed by atoms with E-state index in [9.17, 15) is 0 Å². The first kappa shape index (κ1) is 10.1. The molecule has 0 aliphatic carbocycles. The summed E-state index contributed by atoms with van der Waals surface area (Å²) < 4.78 is 0. The zero-order valence-electron chi connectivity index (χ0n) is 9.76. The van der Waals surface area contributed by atoms with E-state index >= 15 is 0 Å². The third-order valence-corrected chi connectivity index (χ3v) is 2.55. The summed E-state index contributed by atoms with van der Waals surface area (Å²) in [6.07, 6.45) is 4.90. The van der Waals surface area contributed by atoms with Crippen molar-refractivity contribution in [1.29, 1.82) is 0 Å². The summed E-state index contributed by atoms with van der Waals surface area (Å²) >= 11 is 0. The standard InChI is InChI=1S/C12H17N3/c1-5-8-6-13-9-7-14-11(12(2,3)4)15-10(8)9/h6-7,13H,5H2,1-4H3. The van der Waals surface area contributed by atoms with Crippen molar-refractivity contribution in [1.82, 2.24) is 15.0 Å². The van der Waals surface area contributed by atoms with Gasteiger partial charge in [0.15, 0.2) is 0 Å². The molecule has 0 unspecified atom stereocenters. The Morgan fingerprint density at radius 1 is 1.33 bits per heavy atom. The van der Waals surface area contributed by atoms with Gasteiger partial charge in [-0.15, -0.1) is 0 Å². The highest BCUT2D eigenvalue weighted by atomic mass is 14.9. The first-order chi connectivity index (χ1) is 7.02. The van der Waals surface area contributed by atoms with Gasteiger partial charge in [-0.05, 0) is 12.0 Å². The quantitative estimate of drug-likeness (QED) is 0.774. The number of aromatic nitrogens is 3. The Balaban J connectivity index is 2.63. The number of hydrogen-bond acceptors (Lipinski definition) is 2. The number of nitrogens with zero attached hydrogens (tertiary/aromatic N) is 2. The zero-order valence-corrected chi connectivity index (χ0v) is 9.76. The van der Waals surface area contributed by atoms with Crippen molar-refractivity contribution in [3.8, 4) is 0 Å².